The normalized spacial score (nSPS) is 20.1. The van der Waals surface area contributed by atoms with Gasteiger partial charge in [-0.05, 0) is 48.4 Å². The van der Waals surface area contributed by atoms with Gasteiger partial charge in [0, 0.05) is 24.8 Å². The lowest BCUT2D eigenvalue weighted by Gasteiger charge is -2.52. The van der Waals surface area contributed by atoms with Gasteiger partial charge in [-0.2, -0.15) is 0 Å². The number of nitrogens with one attached hydrogen (secondary N) is 1. The number of para-hydroxylation sites is 1. The van der Waals surface area contributed by atoms with Crippen LogP contribution >= 0.6 is 0 Å². The molecular weight excluding hydrogens is 366 g/mol. The third kappa shape index (κ3) is 4.06. The van der Waals surface area contributed by atoms with Gasteiger partial charge < -0.3 is 19.2 Å². The number of hydrogen-bond acceptors (Lipinski definition) is 5. The molecule has 2 atom stereocenters. The minimum absolute atomic E-state index is 0.0117. The molecule has 1 fully saturated rings. The molecule has 1 aliphatic rings. The van der Waals surface area contributed by atoms with Crippen molar-refractivity contribution in [1.29, 1.82) is 0 Å². The number of furan rings is 1. The largest absolute Gasteiger partial charge is 0.459 e. The van der Waals surface area contributed by atoms with Crippen molar-refractivity contribution < 1.29 is 13.7 Å². The molecule has 6 nitrogen and oxygen atoms in total. The van der Waals surface area contributed by atoms with E-state index >= 15 is 0 Å². The van der Waals surface area contributed by atoms with Crippen LogP contribution in [0.3, 0.4) is 0 Å². The van der Waals surface area contributed by atoms with Crippen LogP contribution in [0.5, 0.6) is 0 Å². The predicted molar refractivity (Wildman–Crippen MR) is 111 cm³/mol. The fourth-order valence-corrected chi connectivity index (χ4v) is 4.03. The molecule has 1 N–H and O–H groups in total. The molecule has 4 rings (SSSR count). The third-order valence-electron chi connectivity index (χ3n) is 6.17. The number of nitrogens with zero attached hydrogens (tertiary/aromatic N) is 2. The van der Waals surface area contributed by atoms with Crippen molar-refractivity contribution in [1.82, 2.24) is 10.5 Å². The van der Waals surface area contributed by atoms with Gasteiger partial charge in [0.2, 0.25) is 0 Å². The zero-order chi connectivity index (χ0) is 20.4. The van der Waals surface area contributed by atoms with Gasteiger partial charge in [0.25, 0.3) is 5.91 Å². The highest BCUT2D eigenvalue weighted by molar-refractivity contribution is 5.91. The summed E-state index contributed by atoms with van der Waals surface area (Å²) in [6.07, 6.45) is 3.28. The second-order valence-corrected chi connectivity index (χ2v) is 8.44. The SMILES string of the molecule is CN(Cc1cc(C[C@@H]2C[C@H](NC(=O)c3ccco3)C2(C)C)no1)c1ccccc1. The van der Waals surface area contributed by atoms with E-state index in [2.05, 4.69) is 41.4 Å². The molecule has 29 heavy (non-hydrogen) atoms. The molecule has 6 heteroatoms. The summed E-state index contributed by atoms with van der Waals surface area (Å²) in [6.45, 7) is 5.06. The Morgan fingerprint density at radius 3 is 2.72 bits per heavy atom. The Morgan fingerprint density at radius 2 is 2.03 bits per heavy atom. The van der Waals surface area contributed by atoms with Crippen molar-refractivity contribution in [2.75, 3.05) is 11.9 Å². The minimum Gasteiger partial charge on any atom is -0.459 e. The van der Waals surface area contributed by atoms with Gasteiger partial charge in [-0.3, -0.25) is 4.79 Å². The first-order chi connectivity index (χ1) is 13.9. The lowest BCUT2D eigenvalue weighted by Crippen LogP contribution is -2.58. The van der Waals surface area contributed by atoms with Gasteiger partial charge in [-0.15, -0.1) is 0 Å². The summed E-state index contributed by atoms with van der Waals surface area (Å²) in [6, 6.07) is 15.8. The van der Waals surface area contributed by atoms with Crippen LogP contribution in [-0.4, -0.2) is 24.2 Å². The summed E-state index contributed by atoms with van der Waals surface area (Å²) in [5, 5.41) is 7.36. The van der Waals surface area contributed by atoms with E-state index in [1.807, 2.05) is 31.3 Å². The summed E-state index contributed by atoms with van der Waals surface area (Å²) in [5.74, 6) is 1.49. The van der Waals surface area contributed by atoms with Crippen LogP contribution in [-0.2, 0) is 13.0 Å². The van der Waals surface area contributed by atoms with Crippen molar-refractivity contribution in [3.63, 3.8) is 0 Å². The second-order valence-electron chi connectivity index (χ2n) is 8.44. The number of anilines is 1. The minimum atomic E-state index is -0.154. The molecule has 152 valence electrons. The smallest absolute Gasteiger partial charge is 0.287 e. The molecule has 0 radical (unpaired) electrons. The highest BCUT2D eigenvalue weighted by Crippen LogP contribution is 2.47. The van der Waals surface area contributed by atoms with Gasteiger partial charge in [-0.1, -0.05) is 37.2 Å². The van der Waals surface area contributed by atoms with Gasteiger partial charge in [0.1, 0.15) is 0 Å². The standard InChI is InChI=1S/C23H27N3O3/c1-23(2)16(13-21(23)24-22(27)20-10-7-11-28-20)12-17-14-19(29-25-17)15-26(3)18-8-5-4-6-9-18/h4-11,14,16,21H,12-13,15H2,1-3H3,(H,24,27)/t16-,21+/m1/s1. The van der Waals surface area contributed by atoms with Crippen LogP contribution in [0.2, 0.25) is 0 Å². The number of hydrogen-bond donors (Lipinski definition) is 1. The summed E-state index contributed by atoms with van der Waals surface area (Å²) in [5.41, 5.74) is 2.10. The molecular formula is C23H27N3O3. The van der Waals surface area contributed by atoms with Gasteiger partial charge in [-0.25, -0.2) is 0 Å². The molecule has 0 aliphatic heterocycles. The maximum atomic E-state index is 12.2. The van der Waals surface area contributed by atoms with Crippen molar-refractivity contribution in [2.45, 2.75) is 39.3 Å². The van der Waals surface area contributed by atoms with E-state index in [-0.39, 0.29) is 17.4 Å². The molecule has 0 saturated heterocycles. The Kier molecular flexibility index (Phi) is 5.18. The van der Waals surface area contributed by atoms with Crippen molar-refractivity contribution in [3.8, 4) is 0 Å². The number of aromatic nitrogens is 1. The van der Waals surface area contributed by atoms with Crippen LogP contribution in [0.15, 0.2) is 63.7 Å². The van der Waals surface area contributed by atoms with E-state index in [9.17, 15) is 4.79 Å². The molecule has 3 aromatic rings. The van der Waals surface area contributed by atoms with Crippen LogP contribution in [0.25, 0.3) is 0 Å². The van der Waals surface area contributed by atoms with Gasteiger partial charge in [0.15, 0.2) is 11.5 Å². The molecule has 1 aromatic carbocycles. The fraction of sp³-hybridized carbons (Fsp3) is 0.391. The molecule has 0 bridgehead atoms. The highest BCUT2D eigenvalue weighted by atomic mass is 16.5. The molecule has 1 aliphatic carbocycles. The maximum Gasteiger partial charge on any atom is 0.287 e. The van der Waals surface area contributed by atoms with E-state index in [0.29, 0.717) is 18.2 Å². The molecule has 1 amide bonds. The van der Waals surface area contributed by atoms with E-state index in [0.717, 1.165) is 30.0 Å². The Morgan fingerprint density at radius 1 is 1.24 bits per heavy atom. The van der Waals surface area contributed by atoms with E-state index < -0.39 is 0 Å². The van der Waals surface area contributed by atoms with Crippen molar-refractivity contribution in [3.05, 3.63) is 72.0 Å². The third-order valence-corrected chi connectivity index (χ3v) is 6.17. The van der Waals surface area contributed by atoms with Crippen LogP contribution in [0.1, 0.15) is 42.3 Å². The lowest BCUT2D eigenvalue weighted by atomic mass is 9.57. The van der Waals surface area contributed by atoms with E-state index in [1.54, 1.807) is 12.1 Å². The van der Waals surface area contributed by atoms with Gasteiger partial charge >= 0.3 is 0 Å². The predicted octanol–water partition coefficient (Wildman–Crippen LogP) is 4.29. The first-order valence-corrected chi connectivity index (χ1v) is 9.98. The average Bonchev–Trinajstić information content (AvgIpc) is 3.40. The maximum absolute atomic E-state index is 12.2. The topological polar surface area (TPSA) is 71.5 Å². The highest BCUT2D eigenvalue weighted by Gasteiger charge is 2.48. The number of amides is 1. The lowest BCUT2D eigenvalue weighted by molar-refractivity contribution is 0.0131. The first kappa shape index (κ1) is 19.3. The summed E-state index contributed by atoms with van der Waals surface area (Å²) >= 11 is 0. The number of rotatable bonds is 7. The van der Waals surface area contributed by atoms with E-state index in [1.165, 1.54) is 6.26 Å². The van der Waals surface area contributed by atoms with Crippen molar-refractivity contribution >= 4 is 11.6 Å². The quantitative estimate of drug-likeness (QED) is 0.648. The summed E-state index contributed by atoms with van der Waals surface area (Å²) in [4.78, 5) is 14.4. The van der Waals surface area contributed by atoms with E-state index in [4.69, 9.17) is 8.94 Å². The monoisotopic (exact) mass is 393 g/mol. The number of carbonyl (C=O) groups excluding carboxylic acids is 1. The van der Waals surface area contributed by atoms with Crippen LogP contribution in [0.4, 0.5) is 5.69 Å². The number of benzene rings is 1. The first-order valence-electron chi connectivity index (χ1n) is 9.98. The van der Waals surface area contributed by atoms with Crippen LogP contribution in [0, 0.1) is 11.3 Å². The molecule has 2 aromatic heterocycles. The van der Waals surface area contributed by atoms with Crippen molar-refractivity contribution in [2.24, 2.45) is 11.3 Å². The Bertz CT molecular complexity index is 947. The number of carbonyl (C=O) groups is 1. The Hall–Kier alpha value is -3.02. The molecule has 0 unspecified atom stereocenters. The second kappa shape index (κ2) is 7.78. The Balaban J connectivity index is 1.32. The Labute approximate surface area is 170 Å². The average molecular weight is 393 g/mol. The zero-order valence-corrected chi connectivity index (χ0v) is 17.1. The summed E-state index contributed by atoms with van der Waals surface area (Å²) in [7, 11) is 2.04. The molecule has 0 spiro atoms. The molecule has 1 saturated carbocycles. The fourth-order valence-electron chi connectivity index (χ4n) is 4.03. The van der Waals surface area contributed by atoms with Crippen LogP contribution < -0.4 is 10.2 Å². The summed E-state index contributed by atoms with van der Waals surface area (Å²) < 4.78 is 10.7. The zero-order valence-electron chi connectivity index (χ0n) is 17.1. The molecule has 2 heterocycles. The van der Waals surface area contributed by atoms with Gasteiger partial charge in [0.05, 0.1) is 18.5 Å².